The molecular formula is C9H5BrN4OS2. The predicted octanol–water partition coefficient (Wildman–Crippen LogP) is 3.27. The molecule has 0 aromatic carbocycles. The topological polar surface area (TPSA) is 77.8 Å². The van der Waals surface area contributed by atoms with E-state index < -0.39 is 0 Å². The van der Waals surface area contributed by atoms with Crippen molar-refractivity contribution in [1.82, 2.24) is 15.1 Å². The summed E-state index contributed by atoms with van der Waals surface area (Å²) in [5, 5.41) is 8.15. The predicted molar refractivity (Wildman–Crippen MR) is 70.8 cm³/mol. The van der Waals surface area contributed by atoms with Gasteiger partial charge in [-0.05, 0) is 22.0 Å². The zero-order valence-corrected chi connectivity index (χ0v) is 11.5. The first kappa shape index (κ1) is 10.9. The number of aromatic nitrogens is 3. The summed E-state index contributed by atoms with van der Waals surface area (Å²) in [6, 6.07) is 1.94. The highest BCUT2D eigenvalue weighted by atomic mass is 79.9. The van der Waals surface area contributed by atoms with Gasteiger partial charge in [0.15, 0.2) is 5.13 Å². The molecule has 0 fully saturated rings. The van der Waals surface area contributed by atoms with Crippen LogP contribution in [0.25, 0.3) is 22.3 Å². The van der Waals surface area contributed by atoms with Gasteiger partial charge >= 0.3 is 0 Å². The molecule has 0 aliphatic carbocycles. The Bertz CT molecular complexity index is 605. The number of nitrogens with two attached hydrogens (primary N) is 1. The van der Waals surface area contributed by atoms with Gasteiger partial charge in [-0.15, -0.1) is 22.7 Å². The van der Waals surface area contributed by atoms with Crippen LogP contribution >= 0.6 is 38.6 Å². The molecule has 86 valence electrons. The van der Waals surface area contributed by atoms with Crippen LogP contribution in [0.2, 0.25) is 0 Å². The van der Waals surface area contributed by atoms with Gasteiger partial charge in [-0.25, -0.2) is 4.98 Å². The van der Waals surface area contributed by atoms with Gasteiger partial charge in [0.1, 0.15) is 5.69 Å². The van der Waals surface area contributed by atoms with E-state index in [1.165, 1.54) is 11.3 Å². The SMILES string of the molecule is Nc1nc(-c2nc(-c3cc(Br)cs3)no2)cs1. The molecule has 2 N–H and O–H groups in total. The van der Waals surface area contributed by atoms with E-state index in [-0.39, 0.29) is 0 Å². The first-order chi connectivity index (χ1) is 8.22. The first-order valence-electron chi connectivity index (χ1n) is 4.52. The Kier molecular flexibility index (Phi) is 2.69. The standard InChI is InChI=1S/C9H5BrN4OS2/c10-4-1-6(16-2-4)7-13-8(15-14-7)5-3-17-9(11)12-5/h1-3H,(H2,11,12). The Labute approximate surface area is 112 Å². The molecule has 5 nitrogen and oxygen atoms in total. The summed E-state index contributed by atoms with van der Waals surface area (Å²) in [6.07, 6.45) is 0. The monoisotopic (exact) mass is 328 g/mol. The molecule has 0 aliphatic heterocycles. The molecule has 0 bridgehead atoms. The summed E-state index contributed by atoms with van der Waals surface area (Å²) in [4.78, 5) is 9.31. The number of thiazole rings is 1. The first-order valence-corrected chi connectivity index (χ1v) is 7.07. The molecule has 0 spiro atoms. The fraction of sp³-hybridized carbons (Fsp3) is 0. The average molecular weight is 329 g/mol. The maximum atomic E-state index is 5.55. The number of thiophene rings is 1. The van der Waals surface area contributed by atoms with Crippen molar-refractivity contribution in [2.75, 3.05) is 5.73 Å². The lowest BCUT2D eigenvalue weighted by atomic mass is 10.4. The lowest BCUT2D eigenvalue weighted by molar-refractivity contribution is 0.431. The van der Waals surface area contributed by atoms with Crippen LogP contribution in [0.15, 0.2) is 25.8 Å². The Balaban J connectivity index is 1.98. The van der Waals surface area contributed by atoms with Crippen LogP contribution in [-0.4, -0.2) is 15.1 Å². The van der Waals surface area contributed by atoms with E-state index in [0.29, 0.717) is 22.5 Å². The minimum Gasteiger partial charge on any atom is -0.375 e. The van der Waals surface area contributed by atoms with E-state index in [1.54, 1.807) is 16.7 Å². The smallest absolute Gasteiger partial charge is 0.277 e. The average Bonchev–Trinajstić information content (AvgIpc) is 2.96. The number of nitrogens with zero attached hydrogens (tertiary/aromatic N) is 3. The highest BCUT2D eigenvalue weighted by Crippen LogP contribution is 2.29. The van der Waals surface area contributed by atoms with E-state index in [1.807, 2.05) is 11.4 Å². The molecule has 0 amide bonds. The number of rotatable bonds is 2. The number of hydrogen-bond acceptors (Lipinski definition) is 7. The molecule has 0 aliphatic rings. The molecular weight excluding hydrogens is 324 g/mol. The van der Waals surface area contributed by atoms with Gasteiger partial charge in [-0.3, -0.25) is 0 Å². The maximum Gasteiger partial charge on any atom is 0.277 e. The van der Waals surface area contributed by atoms with Crippen molar-refractivity contribution in [3.05, 3.63) is 21.3 Å². The van der Waals surface area contributed by atoms with Gasteiger partial charge in [-0.2, -0.15) is 4.98 Å². The van der Waals surface area contributed by atoms with Crippen LogP contribution in [0, 0.1) is 0 Å². The summed E-state index contributed by atoms with van der Waals surface area (Å²) in [7, 11) is 0. The Morgan fingerprint density at radius 1 is 1.24 bits per heavy atom. The summed E-state index contributed by atoms with van der Waals surface area (Å²) < 4.78 is 6.15. The van der Waals surface area contributed by atoms with Crippen molar-refractivity contribution in [2.45, 2.75) is 0 Å². The number of nitrogen functional groups attached to an aromatic ring is 1. The summed E-state index contributed by atoms with van der Waals surface area (Å²) in [5.74, 6) is 0.944. The second-order valence-electron chi connectivity index (χ2n) is 3.12. The van der Waals surface area contributed by atoms with Gasteiger partial charge < -0.3 is 10.3 Å². The number of halogens is 1. The molecule has 0 saturated carbocycles. The van der Waals surface area contributed by atoms with E-state index in [0.717, 1.165) is 9.35 Å². The van der Waals surface area contributed by atoms with Gasteiger partial charge in [0.05, 0.1) is 4.88 Å². The third kappa shape index (κ3) is 2.11. The van der Waals surface area contributed by atoms with E-state index >= 15 is 0 Å². The molecule has 3 aromatic rings. The molecule has 17 heavy (non-hydrogen) atoms. The lowest BCUT2D eigenvalue weighted by Crippen LogP contribution is -1.82. The largest absolute Gasteiger partial charge is 0.375 e. The molecule has 0 unspecified atom stereocenters. The molecule has 3 heterocycles. The van der Waals surface area contributed by atoms with Gasteiger partial charge in [-0.1, -0.05) is 5.16 Å². The second-order valence-corrected chi connectivity index (χ2v) is 5.84. The molecule has 0 radical (unpaired) electrons. The molecule has 3 rings (SSSR count). The van der Waals surface area contributed by atoms with Crippen LogP contribution < -0.4 is 5.73 Å². The normalized spacial score (nSPS) is 10.9. The summed E-state index contributed by atoms with van der Waals surface area (Å²) in [6.45, 7) is 0. The van der Waals surface area contributed by atoms with Crippen LogP contribution in [0.5, 0.6) is 0 Å². The van der Waals surface area contributed by atoms with E-state index in [4.69, 9.17) is 10.3 Å². The van der Waals surface area contributed by atoms with Crippen molar-refractivity contribution in [3.8, 4) is 22.3 Å². The van der Waals surface area contributed by atoms with E-state index in [2.05, 4.69) is 31.1 Å². The van der Waals surface area contributed by atoms with Crippen LogP contribution in [0.1, 0.15) is 0 Å². The van der Waals surface area contributed by atoms with Crippen molar-refractivity contribution in [3.63, 3.8) is 0 Å². The summed E-state index contributed by atoms with van der Waals surface area (Å²) >= 11 is 6.27. The van der Waals surface area contributed by atoms with Crippen LogP contribution in [-0.2, 0) is 0 Å². The van der Waals surface area contributed by atoms with Gasteiger partial charge in [0.25, 0.3) is 5.89 Å². The lowest BCUT2D eigenvalue weighted by Gasteiger charge is -1.83. The molecule has 3 aromatic heterocycles. The highest BCUT2D eigenvalue weighted by molar-refractivity contribution is 9.10. The van der Waals surface area contributed by atoms with E-state index in [9.17, 15) is 0 Å². The Morgan fingerprint density at radius 2 is 2.12 bits per heavy atom. The third-order valence-corrected chi connectivity index (χ3v) is 4.32. The minimum atomic E-state index is 0.387. The van der Waals surface area contributed by atoms with Gasteiger partial charge in [0.2, 0.25) is 5.82 Å². The Morgan fingerprint density at radius 3 is 2.76 bits per heavy atom. The van der Waals surface area contributed by atoms with Gasteiger partial charge in [0, 0.05) is 15.2 Å². The van der Waals surface area contributed by atoms with Crippen LogP contribution in [0.3, 0.4) is 0 Å². The zero-order chi connectivity index (χ0) is 11.8. The third-order valence-electron chi connectivity index (χ3n) is 1.95. The molecule has 8 heteroatoms. The highest BCUT2D eigenvalue weighted by Gasteiger charge is 2.14. The quantitative estimate of drug-likeness (QED) is 0.781. The zero-order valence-electron chi connectivity index (χ0n) is 8.25. The van der Waals surface area contributed by atoms with Crippen molar-refractivity contribution in [1.29, 1.82) is 0 Å². The van der Waals surface area contributed by atoms with Crippen LogP contribution in [0.4, 0.5) is 5.13 Å². The fourth-order valence-corrected chi connectivity index (χ4v) is 3.13. The van der Waals surface area contributed by atoms with Crippen molar-refractivity contribution >= 4 is 43.7 Å². The fourth-order valence-electron chi connectivity index (χ4n) is 1.24. The van der Waals surface area contributed by atoms with Crippen molar-refractivity contribution in [2.24, 2.45) is 0 Å². The number of anilines is 1. The molecule has 0 atom stereocenters. The second kappa shape index (κ2) is 4.21. The minimum absolute atomic E-state index is 0.387. The molecule has 0 saturated heterocycles. The summed E-state index contributed by atoms with van der Waals surface area (Å²) in [5.41, 5.74) is 6.16. The van der Waals surface area contributed by atoms with Crippen molar-refractivity contribution < 1.29 is 4.52 Å². The number of hydrogen-bond donors (Lipinski definition) is 1. The Hall–Kier alpha value is -1.25. The maximum absolute atomic E-state index is 5.55.